The predicted molar refractivity (Wildman–Crippen MR) is 81.5 cm³/mol. The van der Waals surface area contributed by atoms with E-state index in [4.69, 9.17) is 18.0 Å². The first-order chi connectivity index (χ1) is 9.30. The van der Waals surface area contributed by atoms with Crippen LogP contribution in [0.1, 0.15) is 18.1 Å². The van der Waals surface area contributed by atoms with Crippen molar-refractivity contribution in [2.45, 2.75) is 19.1 Å². The number of thiocarbonyl (C=S) groups is 1. The average molecular weight is 320 g/mol. The van der Waals surface area contributed by atoms with Gasteiger partial charge in [-0.2, -0.15) is 24.9 Å². The van der Waals surface area contributed by atoms with Crippen molar-refractivity contribution in [2.75, 3.05) is 23.0 Å². The van der Waals surface area contributed by atoms with Crippen LogP contribution in [0.15, 0.2) is 18.2 Å². The molecule has 1 saturated heterocycles. The van der Waals surface area contributed by atoms with Crippen LogP contribution < -0.4 is 10.6 Å². The summed E-state index contributed by atoms with van der Waals surface area (Å²) in [5, 5.41) is 0. The number of anilines is 1. The Balaban J connectivity index is 2.45. The first-order valence-corrected chi connectivity index (χ1v) is 7.72. The van der Waals surface area contributed by atoms with Gasteiger partial charge in [-0.1, -0.05) is 12.2 Å². The molecule has 20 heavy (non-hydrogen) atoms. The summed E-state index contributed by atoms with van der Waals surface area (Å²) in [6, 6.07) is 3.86. The maximum atomic E-state index is 12.8. The molecule has 0 aromatic heterocycles. The Hall–Kier alpha value is -0.950. The number of hydrogen-bond donors (Lipinski definition) is 1. The fourth-order valence-electron chi connectivity index (χ4n) is 2.25. The van der Waals surface area contributed by atoms with E-state index in [1.165, 1.54) is 6.07 Å². The second-order valence-corrected chi connectivity index (χ2v) is 6.30. The lowest BCUT2D eigenvalue weighted by molar-refractivity contribution is -0.137. The third-order valence-electron chi connectivity index (χ3n) is 3.27. The molecule has 0 radical (unpaired) electrons. The molecule has 7 heteroatoms. The zero-order chi connectivity index (χ0) is 14.9. The van der Waals surface area contributed by atoms with Crippen LogP contribution in [0.3, 0.4) is 0 Å². The summed E-state index contributed by atoms with van der Waals surface area (Å²) in [5.41, 5.74) is 5.88. The van der Waals surface area contributed by atoms with E-state index in [2.05, 4.69) is 4.90 Å². The Morgan fingerprint density at radius 3 is 2.70 bits per heavy atom. The molecule has 0 spiro atoms. The smallest absolute Gasteiger partial charge is 0.389 e. The summed E-state index contributed by atoms with van der Waals surface area (Å²) in [4.78, 5) is 2.07. The fourth-order valence-corrected chi connectivity index (χ4v) is 3.42. The number of halogens is 3. The number of alkyl halides is 3. The van der Waals surface area contributed by atoms with E-state index < -0.39 is 11.7 Å². The lowest BCUT2D eigenvalue weighted by Crippen LogP contribution is -2.41. The monoisotopic (exact) mass is 320 g/mol. The van der Waals surface area contributed by atoms with Gasteiger partial charge in [-0.15, -0.1) is 0 Å². The zero-order valence-electron chi connectivity index (χ0n) is 10.9. The molecule has 0 bridgehead atoms. The Morgan fingerprint density at radius 2 is 2.15 bits per heavy atom. The quantitative estimate of drug-likeness (QED) is 0.847. The minimum Gasteiger partial charge on any atom is -0.389 e. The normalized spacial score (nSPS) is 20.0. The maximum Gasteiger partial charge on any atom is 0.416 e. The molecule has 0 saturated carbocycles. The largest absolute Gasteiger partial charge is 0.416 e. The number of nitrogens with zero attached hydrogens (tertiary/aromatic N) is 1. The number of thioether (sulfide) groups is 1. The molecule has 110 valence electrons. The Morgan fingerprint density at radius 1 is 1.45 bits per heavy atom. The van der Waals surface area contributed by atoms with Gasteiger partial charge in [0, 0.05) is 35.3 Å². The zero-order valence-corrected chi connectivity index (χ0v) is 12.5. The van der Waals surface area contributed by atoms with Crippen LogP contribution in [0.2, 0.25) is 0 Å². The Labute approximate surface area is 125 Å². The van der Waals surface area contributed by atoms with Crippen LogP contribution in [0, 0.1) is 0 Å². The summed E-state index contributed by atoms with van der Waals surface area (Å²) in [6.45, 7) is 2.83. The highest BCUT2D eigenvalue weighted by Gasteiger charge is 2.32. The molecule has 0 amide bonds. The highest BCUT2D eigenvalue weighted by atomic mass is 32.2. The van der Waals surface area contributed by atoms with Gasteiger partial charge in [-0.3, -0.25) is 0 Å². The molecule has 2 rings (SSSR count). The summed E-state index contributed by atoms with van der Waals surface area (Å²) in [6.07, 6.45) is -4.39. The van der Waals surface area contributed by atoms with Crippen molar-refractivity contribution >= 4 is 34.7 Å². The summed E-state index contributed by atoms with van der Waals surface area (Å²) in [5.74, 6) is 1.89. The molecule has 2 N–H and O–H groups in total. The molecule has 1 heterocycles. The molecular weight excluding hydrogens is 305 g/mol. The minimum absolute atomic E-state index is 0.00322. The topological polar surface area (TPSA) is 29.3 Å². The minimum atomic E-state index is -4.39. The van der Waals surface area contributed by atoms with Crippen LogP contribution >= 0.6 is 24.0 Å². The Bertz CT molecular complexity index is 517. The number of rotatable bonds is 2. The molecule has 1 atom stereocenters. The van der Waals surface area contributed by atoms with Crippen LogP contribution in [-0.4, -0.2) is 29.1 Å². The van der Waals surface area contributed by atoms with Gasteiger partial charge < -0.3 is 10.6 Å². The highest BCUT2D eigenvalue weighted by Crippen LogP contribution is 2.34. The third-order valence-corrected chi connectivity index (χ3v) is 4.68. The van der Waals surface area contributed by atoms with Crippen LogP contribution in [0.25, 0.3) is 0 Å². The van der Waals surface area contributed by atoms with Crippen molar-refractivity contribution in [1.29, 1.82) is 0 Å². The molecule has 1 aromatic rings. The van der Waals surface area contributed by atoms with Crippen LogP contribution in [0.4, 0.5) is 18.9 Å². The van der Waals surface area contributed by atoms with Gasteiger partial charge in [0.25, 0.3) is 0 Å². The molecular formula is C13H15F3N2S2. The van der Waals surface area contributed by atoms with E-state index in [1.807, 2.05) is 18.7 Å². The van der Waals surface area contributed by atoms with E-state index in [0.29, 0.717) is 11.3 Å². The van der Waals surface area contributed by atoms with Gasteiger partial charge in [0.2, 0.25) is 0 Å². The van der Waals surface area contributed by atoms with Gasteiger partial charge in [0.1, 0.15) is 4.99 Å². The number of nitrogens with two attached hydrogens (primary N) is 1. The fraction of sp³-hybridized carbons (Fsp3) is 0.462. The van der Waals surface area contributed by atoms with Crippen LogP contribution in [-0.2, 0) is 6.18 Å². The SMILES string of the molecule is CC1CSCCN1c1ccc(C(F)(F)F)cc1C(N)=S. The molecule has 1 aliphatic heterocycles. The lowest BCUT2D eigenvalue weighted by atomic mass is 10.1. The highest BCUT2D eigenvalue weighted by molar-refractivity contribution is 7.99. The van der Waals surface area contributed by atoms with Gasteiger partial charge in [-0.25, -0.2) is 0 Å². The standard InChI is InChI=1S/C13H15F3N2S2/c1-8-7-20-5-4-18(8)11-3-2-9(13(14,15)16)6-10(11)12(17)19/h2-3,6,8H,4-5,7H2,1H3,(H2,17,19). The molecule has 1 aromatic carbocycles. The predicted octanol–water partition coefficient (Wildman–Crippen LogP) is 3.28. The van der Waals surface area contributed by atoms with E-state index in [9.17, 15) is 13.2 Å². The van der Waals surface area contributed by atoms with Crippen molar-refractivity contribution in [3.63, 3.8) is 0 Å². The first kappa shape index (κ1) is 15.4. The van der Waals surface area contributed by atoms with Gasteiger partial charge in [0.05, 0.1) is 5.56 Å². The molecule has 1 unspecified atom stereocenters. The number of benzene rings is 1. The Kier molecular flexibility index (Phi) is 4.49. The van der Waals surface area contributed by atoms with Crippen LogP contribution in [0.5, 0.6) is 0 Å². The number of hydrogen-bond acceptors (Lipinski definition) is 3. The molecule has 0 aliphatic carbocycles. The summed E-state index contributed by atoms with van der Waals surface area (Å²) < 4.78 is 38.3. The van der Waals surface area contributed by atoms with Crippen molar-refractivity contribution in [3.8, 4) is 0 Å². The van der Waals surface area contributed by atoms with E-state index in [1.54, 1.807) is 0 Å². The van der Waals surface area contributed by atoms with Crippen molar-refractivity contribution < 1.29 is 13.2 Å². The van der Waals surface area contributed by atoms with Crippen molar-refractivity contribution in [2.24, 2.45) is 5.73 Å². The lowest BCUT2D eigenvalue weighted by Gasteiger charge is -2.36. The molecule has 1 aliphatic rings. The van der Waals surface area contributed by atoms with E-state index in [0.717, 1.165) is 30.2 Å². The summed E-state index contributed by atoms with van der Waals surface area (Å²) in [7, 11) is 0. The maximum absolute atomic E-state index is 12.8. The van der Waals surface area contributed by atoms with Gasteiger partial charge in [-0.05, 0) is 25.1 Å². The van der Waals surface area contributed by atoms with Crippen molar-refractivity contribution in [3.05, 3.63) is 29.3 Å². The third kappa shape index (κ3) is 3.20. The summed E-state index contributed by atoms with van der Waals surface area (Å²) >= 11 is 6.76. The van der Waals surface area contributed by atoms with Gasteiger partial charge in [0.15, 0.2) is 0 Å². The van der Waals surface area contributed by atoms with Gasteiger partial charge >= 0.3 is 6.18 Å². The van der Waals surface area contributed by atoms with Crippen molar-refractivity contribution in [1.82, 2.24) is 0 Å². The second kappa shape index (κ2) is 5.81. The first-order valence-electron chi connectivity index (χ1n) is 6.16. The second-order valence-electron chi connectivity index (χ2n) is 4.71. The molecule has 1 fully saturated rings. The van der Waals surface area contributed by atoms with E-state index >= 15 is 0 Å². The average Bonchev–Trinajstić information content (AvgIpc) is 2.37. The van der Waals surface area contributed by atoms with E-state index in [-0.39, 0.29) is 11.0 Å². The molecule has 2 nitrogen and oxygen atoms in total.